The molecule has 4 rings (SSSR count). The number of furan rings is 1. The highest BCUT2D eigenvalue weighted by molar-refractivity contribution is 7.10. The molecule has 0 unspecified atom stereocenters. The lowest BCUT2D eigenvalue weighted by molar-refractivity contribution is -0.134. The van der Waals surface area contributed by atoms with E-state index in [0.29, 0.717) is 23.6 Å². The highest BCUT2D eigenvalue weighted by Crippen LogP contribution is 2.35. The van der Waals surface area contributed by atoms with E-state index in [9.17, 15) is 14.0 Å². The number of hydrogen-bond donors (Lipinski definition) is 1. The lowest BCUT2D eigenvalue weighted by Gasteiger charge is -2.23. The summed E-state index contributed by atoms with van der Waals surface area (Å²) >= 11 is 1.57. The zero-order valence-electron chi connectivity index (χ0n) is 16.8. The number of halogens is 1. The van der Waals surface area contributed by atoms with E-state index in [1.54, 1.807) is 41.7 Å². The Bertz CT molecular complexity index is 1080. The number of carbonyl (C=O) groups is 2. The smallest absolute Gasteiger partial charge is 0.257 e. The average Bonchev–Trinajstić information content (AvgIpc) is 3.47. The van der Waals surface area contributed by atoms with E-state index in [1.807, 2.05) is 23.6 Å². The number of thiophene rings is 1. The standard InChI is InChI=1S/C22H21FN4O3S/c1-26(13-21(28)24-16-6-2-5-15(23)11-16)14-22(29)27-18(20-8-4-10-31-20)12-17(25-27)19-7-3-9-30-19/h2-11,18H,12-14H2,1H3,(H,24,28)/t18-/m1/s1. The molecule has 2 aromatic heterocycles. The number of rotatable bonds is 7. The summed E-state index contributed by atoms with van der Waals surface area (Å²) in [5.74, 6) is -0.349. The summed E-state index contributed by atoms with van der Waals surface area (Å²) in [7, 11) is 1.68. The fraction of sp³-hybridized carbons (Fsp3) is 0.227. The Morgan fingerprint density at radius 3 is 2.84 bits per heavy atom. The Labute approximate surface area is 182 Å². The maximum Gasteiger partial charge on any atom is 0.257 e. The fourth-order valence-electron chi connectivity index (χ4n) is 3.41. The molecule has 1 aliphatic heterocycles. The highest BCUT2D eigenvalue weighted by atomic mass is 32.1. The third-order valence-electron chi connectivity index (χ3n) is 4.77. The summed E-state index contributed by atoms with van der Waals surface area (Å²) in [6.07, 6.45) is 2.14. The molecular formula is C22H21FN4O3S. The fourth-order valence-corrected chi connectivity index (χ4v) is 4.22. The van der Waals surface area contributed by atoms with E-state index in [-0.39, 0.29) is 30.9 Å². The molecule has 3 aromatic rings. The van der Waals surface area contributed by atoms with E-state index in [4.69, 9.17) is 4.42 Å². The molecule has 0 spiro atoms. The summed E-state index contributed by atoms with van der Waals surface area (Å²) in [5, 5.41) is 10.6. The number of anilines is 1. The number of amides is 2. The number of nitrogens with one attached hydrogen (secondary N) is 1. The SMILES string of the molecule is CN(CC(=O)Nc1cccc(F)c1)CC(=O)N1N=C(c2ccco2)C[C@@H]1c1cccs1. The number of likely N-dealkylation sites (N-methyl/N-ethyl adjacent to an activating group) is 1. The Morgan fingerprint density at radius 1 is 1.26 bits per heavy atom. The Morgan fingerprint density at radius 2 is 2.13 bits per heavy atom. The minimum atomic E-state index is -0.430. The molecular weight excluding hydrogens is 419 g/mol. The van der Waals surface area contributed by atoms with Crippen molar-refractivity contribution >= 4 is 34.6 Å². The number of hydrogen-bond acceptors (Lipinski definition) is 6. The van der Waals surface area contributed by atoms with Gasteiger partial charge in [0.25, 0.3) is 5.91 Å². The van der Waals surface area contributed by atoms with Crippen LogP contribution in [0.3, 0.4) is 0 Å². The predicted octanol–water partition coefficient (Wildman–Crippen LogP) is 3.73. The summed E-state index contributed by atoms with van der Waals surface area (Å²) in [6.45, 7) is -0.0120. The lowest BCUT2D eigenvalue weighted by Crippen LogP contribution is -2.39. The van der Waals surface area contributed by atoms with Crippen molar-refractivity contribution < 1.29 is 18.4 Å². The number of carbonyl (C=O) groups excluding carboxylic acids is 2. The van der Waals surface area contributed by atoms with Crippen LogP contribution in [0, 0.1) is 5.82 Å². The molecule has 7 nitrogen and oxygen atoms in total. The van der Waals surface area contributed by atoms with Gasteiger partial charge in [0.1, 0.15) is 17.3 Å². The van der Waals surface area contributed by atoms with Gasteiger partial charge in [-0.3, -0.25) is 14.5 Å². The first-order valence-corrected chi connectivity index (χ1v) is 10.6. The van der Waals surface area contributed by atoms with Gasteiger partial charge in [-0.1, -0.05) is 12.1 Å². The van der Waals surface area contributed by atoms with Crippen LogP contribution in [0.15, 0.2) is 69.7 Å². The Hall–Kier alpha value is -3.30. The first kappa shape index (κ1) is 21.0. The van der Waals surface area contributed by atoms with Crippen LogP contribution in [0.25, 0.3) is 0 Å². The molecule has 0 bridgehead atoms. The van der Waals surface area contributed by atoms with Gasteiger partial charge in [-0.05, 0) is 48.8 Å². The molecule has 1 aromatic carbocycles. The van der Waals surface area contributed by atoms with Crippen LogP contribution >= 0.6 is 11.3 Å². The van der Waals surface area contributed by atoms with Gasteiger partial charge in [0.15, 0.2) is 0 Å². The van der Waals surface area contributed by atoms with Gasteiger partial charge in [-0.25, -0.2) is 9.40 Å². The molecule has 160 valence electrons. The van der Waals surface area contributed by atoms with Crippen molar-refractivity contribution in [3.8, 4) is 0 Å². The zero-order chi connectivity index (χ0) is 21.8. The number of benzene rings is 1. The molecule has 0 saturated carbocycles. The first-order chi connectivity index (χ1) is 15.0. The summed E-state index contributed by atoms with van der Waals surface area (Å²) in [6, 6.07) is 13.0. The van der Waals surface area contributed by atoms with Crippen LogP contribution in [0.2, 0.25) is 0 Å². The molecule has 0 radical (unpaired) electrons. The molecule has 31 heavy (non-hydrogen) atoms. The minimum absolute atomic E-state index is 0.00732. The van der Waals surface area contributed by atoms with E-state index >= 15 is 0 Å². The van der Waals surface area contributed by atoms with Crippen molar-refractivity contribution in [1.29, 1.82) is 0 Å². The van der Waals surface area contributed by atoms with Gasteiger partial charge in [-0.15, -0.1) is 11.3 Å². The second-order valence-corrected chi connectivity index (χ2v) is 8.21. The van der Waals surface area contributed by atoms with E-state index in [0.717, 1.165) is 4.88 Å². The molecule has 3 heterocycles. The molecule has 0 saturated heterocycles. The first-order valence-electron chi connectivity index (χ1n) is 9.70. The van der Waals surface area contributed by atoms with Gasteiger partial charge < -0.3 is 9.73 Å². The monoisotopic (exact) mass is 440 g/mol. The Kier molecular flexibility index (Phi) is 6.24. The van der Waals surface area contributed by atoms with Crippen molar-refractivity contribution in [3.63, 3.8) is 0 Å². The second-order valence-electron chi connectivity index (χ2n) is 7.23. The third kappa shape index (κ3) is 5.07. The average molecular weight is 441 g/mol. The summed E-state index contributed by atoms with van der Waals surface area (Å²) in [5.41, 5.74) is 1.08. The third-order valence-corrected chi connectivity index (χ3v) is 5.74. The highest BCUT2D eigenvalue weighted by Gasteiger charge is 2.34. The van der Waals surface area contributed by atoms with E-state index in [1.165, 1.54) is 23.2 Å². The molecule has 0 fully saturated rings. The van der Waals surface area contributed by atoms with Crippen molar-refractivity contribution in [2.24, 2.45) is 5.10 Å². The van der Waals surface area contributed by atoms with Crippen LogP contribution in [0.4, 0.5) is 10.1 Å². The van der Waals surface area contributed by atoms with Crippen molar-refractivity contribution in [3.05, 3.63) is 76.6 Å². The van der Waals surface area contributed by atoms with Crippen LogP contribution in [0.5, 0.6) is 0 Å². The van der Waals surface area contributed by atoms with Crippen molar-refractivity contribution in [2.75, 3.05) is 25.5 Å². The predicted molar refractivity (Wildman–Crippen MR) is 116 cm³/mol. The maximum atomic E-state index is 13.3. The number of nitrogens with zero attached hydrogens (tertiary/aromatic N) is 3. The number of hydrazone groups is 1. The largest absolute Gasteiger partial charge is 0.463 e. The van der Waals surface area contributed by atoms with Crippen molar-refractivity contribution in [2.45, 2.75) is 12.5 Å². The maximum absolute atomic E-state index is 13.3. The van der Waals surface area contributed by atoms with Gasteiger partial charge in [0, 0.05) is 17.0 Å². The van der Waals surface area contributed by atoms with Crippen LogP contribution in [-0.2, 0) is 9.59 Å². The van der Waals surface area contributed by atoms with Crippen LogP contribution in [-0.4, -0.2) is 47.6 Å². The quantitative estimate of drug-likeness (QED) is 0.607. The van der Waals surface area contributed by atoms with Gasteiger partial charge >= 0.3 is 0 Å². The summed E-state index contributed by atoms with van der Waals surface area (Å²) in [4.78, 5) is 27.9. The van der Waals surface area contributed by atoms with E-state index in [2.05, 4.69) is 10.4 Å². The molecule has 0 aliphatic carbocycles. The molecule has 2 amide bonds. The molecule has 1 aliphatic rings. The minimum Gasteiger partial charge on any atom is -0.463 e. The van der Waals surface area contributed by atoms with Gasteiger partial charge in [-0.2, -0.15) is 5.10 Å². The summed E-state index contributed by atoms with van der Waals surface area (Å²) < 4.78 is 18.7. The normalized spacial score (nSPS) is 15.9. The zero-order valence-corrected chi connectivity index (χ0v) is 17.6. The molecule has 1 N–H and O–H groups in total. The molecule has 1 atom stereocenters. The van der Waals surface area contributed by atoms with Crippen molar-refractivity contribution in [1.82, 2.24) is 9.91 Å². The topological polar surface area (TPSA) is 78.2 Å². The van der Waals surface area contributed by atoms with Crippen LogP contribution < -0.4 is 5.32 Å². The molecule has 9 heteroatoms. The van der Waals surface area contributed by atoms with Gasteiger partial charge in [0.05, 0.1) is 25.4 Å². The van der Waals surface area contributed by atoms with E-state index < -0.39 is 5.82 Å². The second kappa shape index (κ2) is 9.23. The Balaban J connectivity index is 1.41. The lowest BCUT2D eigenvalue weighted by atomic mass is 10.1. The van der Waals surface area contributed by atoms with Crippen LogP contribution in [0.1, 0.15) is 23.1 Å². The van der Waals surface area contributed by atoms with Gasteiger partial charge in [0.2, 0.25) is 5.91 Å².